The number of fused-ring (bicyclic) bond motifs is 1. The van der Waals surface area contributed by atoms with Gasteiger partial charge in [0.05, 0.1) is 5.56 Å². The van der Waals surface area contributed by atoms with Crippen LogP contribution in [-0.4, -0.2) is 11.9 Å². The van der Waals surface area contributed by atoms with Crippen LogP contribution in [0.1, 0.15) is 50.4 Å². The summed E-state index contributed by atoms with van der Waals surface area (Å²) in [5, 5.41) is 0. The first-order chi connectivity index (χ1) is 10.2. The molecule has 1 unspecified atom stereocenters. The van der Waals surface area contributed by atoms with Crippen molar-refractivity contribution in [2.24, 2.45) is 5.92 Å². The number of hydrogen-bond donors (Lipinski definition) is 0. The molecule has 1 heterocycles. The third-order valence-corrected chi connectivity index (χ3v) is 3.89. The third-order valence-electron chi connectivity index (χ3n) is 3.89. The molecule has 1 aliphatic rings. The number of para-hydroxylation sites is 1. The summed E-state index contributed by atoms with van der Waals surface area (Å²) in [6.07, 6.45) is 9.01. The molecule has 0 spiro atoms. The van der Waals surface area contributed by atoms with Gasteiger partial charge < -0.3 is 4.74 Å². The Kier molecular flexibility index (Phi) is 5.38. The Hall–Kier alpha value is -1.83. The van der Waals surface area contributed by atoms with E-state index in [4.69, 9.17) is 4.74 Å². The molecule has 0 aliphatic carbocycles. The van der Waals surface area contributed by atoms with E-state index in [0.29, 0.717) is 12.0 Å². The summed E-state index contributed by atoms with van der Waals surface area (Å²) in [6.45, 7) is 6.41. The average Bonchev–Trinajstić information content (AvgIpc) is 2.51. The van der Waals surface area contributed by atoms with E-state index < -0.39 is 0 Å². The zero-order valence-electron chi connectivity index (χ0n) is 13.1. The SMILES string of the molecule is CC/C=C\C(=C\C(C)[C@H]1CC(=O)c2ccccc2O1)CC. The van der Waals surface area contributed by atoms with Crippen molar-refractivity contribution in [2.75, 3.05) is 0 Å². The second-order valence-electron chi connectivity index (χ2n) is 5.54. The smallest absolute Gasteiger partial charge is 0.170 e. The van der Waals surface area contributed by atoms with Gasteiger partial charge in [0.1, 0.15) is 11.9 Å². The number of carbonyl (C=O) groups excluding carboxylic acids is 1. The molecule has 0 amide bonds. The lowest BCUT2D eigenvalue weighted by molar-refractivity contribution is 0.0796. The Morgan fingerprint density at radius 2 is 2.14 bits per heavy atom. The molecule has 2 atom stereocenters. The van der Waals surface area contributed by atoms with Gasteiger partial charge in [-0.2, -0.15) is 0 Å². The van der Waals surface area contributed by atoms with Gasteiger partial charge in [-0.05, 0) is 25.0 Å². The predicted molar refractivity (Wildman–Crippen MR) is 86.8 cm³/mol. The van der Waals surface area contributed by atoms with Crippen LogP contribution >= 0.6 is 0 Å². The van der Waals surface area contributed by atoms with Crippen LogP contribution in [0.4, 0.5) is 0 Å². The van der Waals surface area contributed by atoms with Crippen molar-refractivity contribution in [1.82, 2.24) is 0 Å². The molecule has 1 aromatic carbocycles. The quantitative estimate of drug-likeness (QED) is 0.714. The molecule has 0 saturated carbocycles. The van der Waals surface area contributed by atoms with Gasteiger partial charge in [-0.1, -0.05) is 56.7 Å². The number of Topliss-reactive ketones (excluding diaryl/α,β-unsaturated/α-hetero) is 1. The first-order valence-corrected chi connectivity index (χ1v) is 7.81. The Labute approximate surface area is 127 Å². The van der Waals surface area contributed by atoms with Crippen LogP contribution in [-0.2, 0) is 0 Å². The van der Waals surface area contributed by atoms with Crippen LogP contribution in [0.15, 0.2) is 48.1 Å². The van der Waals surface area contributed by atoms with Gasteiger partial charge in [0.2, 0.25) is 0 Å². The van der Waals surface area contributed by atoms with Gasteiger partial charge in [-0.3, -0.25) is 4.79 Å². The summed E-state index contributed by atoms with van der Waals surface area (Å²) in [5.41, 5.74) is 2.02. The van der Waals surface area contributed by atoms with E-state index in [1.807, 2.05) is 24.3 Å². The summed E-state index contributed by atoms with van der Waals surface area (Å²) in [7, 11) is 0. The van der Waals surface area contributed by atoms with Crippen molar-refractivity contribution < 1.29 is 9.53 Å². The van der Waals surface area contributed by atoms with Crippen molar-refractivity contribution in [3.05, 3.63) is 53.6 Å². The molecule has 0 bridgehead atoms. The van der Waals surface area contributed by atoms with E-state index in [-0.39, 0.29) is 17.8 Å². The molecule has 0 saturated heterocycles. The maximum Gasteiger partial charge on any atom is 0.170 e. The molecule has 1 aromatic rings. The fraction of sp³-hybridized carbons (Fsp3) is 0.421. The summed E-state index contributed by atoms with van der Waals surface area (Å²) < 4.78 is 6.02. The minimum absolute atomic E-state index is 0.0658. The maximum atomic E-state index is 12.2. The number of allylic oxidation sites excluding steroid dienone is 3. The predicted octanol–water partition coefficient (Wildman–Crippen LogP) is 4.96. The molecule has 0 N–H and O–H groups in total. The van der Waals surface area contributed by atoms with Crippen molar-refractivity contribution >= 4 is 5.78 Å². The fourth-order valence-electron chi connectivity index (χ4n) is 2.60. The van der Waals surface area contributed by atoms with E-state index in [9.17, 15) is 4.79 Å². The lowest BCUT2D eigenvalue weighted by atomic mass is 9.91. The van der Waals surface area contributed by atoms with Crippen molar-refractivity contribution in [1.29, 1.82) is 0 Å². The van der Waals surface area contributed by atoms with Crippen LogP contribution in [0.5, 0.6) is 5.75 Å². The second kappa shape index (κ2) is 7.26. The normalized spacial score (nSPS) is 20.2. The highest BCUT2D eigenvalue weighted by Crippen LogP contribution is 2.30. The maximum absolute atomic E-state index is 12.2. The highest BCUT2D eigenvalue weighted by molar-refractivity contribution is 5.99. The minimum Gasteiger partial charge on any atom is -0.489 e. The van der Waals surface area contributed by atoms with Crippen LogP contribution in [0.2, 0.25) is 0 Å². The van der Waals surface area contributed by atoms with Crippen LogP contribution < -0.4 is 4.74 Å². The molecule has 112 valence electrons. The Balaban J connectivity index is 2.14. The zero-order valence-corrected chi connectivity index (χ0v) is 13.1. The third kappa shape index (κ3) is 3.84. The summed E-state index contributed by atoms with van der Waals surface area (Å²) in [4.78, 5) is 12.2. The number of carbonyl (C=O) groups is 1. The van der Waals surface area contributed by atoms with Crippen molar-refractivity contribution in [3.8, 4) is 5.75 Å². The van der Waals surface area contributed by atoms with E-state index >= 15 is 0 Å². The first kappa shape index (κ1) is 15.6. The molecule has 0 aromatic heterocycles. The Morgan fingerprint density at radius 1 is 1.38 bits per heavy atom. The lowest BCUT2D eigenvalue weighted by Crippen LogP contribution is -2.31. The second-order valence-corrected chi connectivity index (χ2v) is 5.54. The summed E-state index contributed by atoms with van der Waals surface area (Å²) in [5.74, 6) is 1.13. The number of benzene rings is 1. The van der Waals surface area contributed by atoms with E-state index in [2.05, 4.69) is 39.0 Å². The molecule has 0 fully saturated rings. The first-order valence-electron chi connectivity index (χ1n) is 7.81. The van der Waals surface area contributed by atoms with Gasteiger partial charge in [0.15, 0.2) is 5.78 Å². The number of rotatable bonds is 5. The zero-order chi connectivity index (χ0) is 15.2. The molecule has 2 nitrogen and oxygen atoms in total. The number of ether oxygens (including phenoxy) is 1. The van der Waals surface area contributed by atoms with Gasteiger partial charge in [0.25, 0.3) is 0 Å². The topological polar surface area (TPSA) is 26.3 Å². The Bertz CT molecular complexity index is 554. The van der Waals surface area contributed by atoms with Crippen LogP contribution in [0, 0.1) is 5.92 Å². The minimum atomic E-state index is -0.0658. The van der Waals surface area contributed by atoms with Gasteiger partial charge >= 0.3 is 0 Å². The van der Waals surface area contributed by atoms with Gasteiger partial charge in [0, 0.05) is 12.3 Å². The molecular weight excluding hydrogens is 260 g/mol. The van der Waals surface area contributed by atoms with Gasteiger partial charge in [-0.15, -0.1) is 0 Å². The lowest BCUT2D eigenvalue weighted by Gasteiger charge is -2.28. The highest BCUT2D eigenvalue weighted by atomic mass is 16.5. The number of ketones is 1. The molecule has 2 rings (SSSR count). The highest BCUT2D eigenvalue weighted by Gasteiger charge is 2.29. The number of hydrogen-bond acceptors (Lipinski definition) is 2. The van der Waals surface area contributed by atoms with Crippen molar-refractivity contribution in [3.63, 3.8) is 0 Å². The largest absolute Gasteiger partial charge is 0.489 e. The van der Waals surface area contributed by atoms with Crippen LogP contribution in [0.3, 0.4) is 0 Å². The van der Waals surface area contributed by atoms with Crippen LogP contribution in [0.25, 0.3) is 0 Å². The molecule has 21 heavy (non-hydrogen) atoms. The fourth-order valence-corrected chi connectivity index (χ4v) is 2.60. The summed E-state index contributed by atoms with van der Waals surface area (Å²) >= 11 is 0. The average molecular weight is 284 g/mol. The standard InChI is InChI=1S/C19H24O2/c1-4-6-9-15(5-2)12-14(3)19-13-17(20)16-10-7-8-11-18(16)21-19/h6-12,14,19H,4-5,13H2,1-3H3/b9-6-,15-12+/t14?,19-/m1/s1. The molecular formula is C19H24O2. The van der Waals surface area contributed by atoms with Gasteiger partial charge in [-0.25, -0.2) is 0 Å². The molecule has 2 heteroatoms. The Morgan fingerprint density at radius 3 is 2.86 bits per heavy atom. The van der Waals surface area contributed by atoms with E-state index in [1.165, 1.54) is 5.57 Å². The van der Waals surface area contributed by atoms with Crippen molar-refractivity contribution in [2.45, 2.75) is 46.1 Å². The summed E-state index contributed by atoms with van der Waals surface area (Å²) in [6, 6.07) is 7.52. The van der Waals surface area contributed by atoms with E-state index in [1.54, 1.807) is 0 Å². The molecule has 1 aliphatic heterocycles. The monoisotopic (exact) mass is 284 g/mol. The molecule has 0 radical (unpaired) electrons. The van der Waals surface area contributed by atoms with E-state index in [0.717, 1.165) is 18.6 Å².